The summed E-state index contributed by atoms with van der Waals surface area (Å²) in [7, 11) is 0.210. The van der Waals surface area contributed by atoms with Gasteiger partial charge in [0.25, 0.3) is 0 Å². The molecule has 2 atom stereocenters. The fourth-order valence-electron chi connectivity index (χ4n) is 4.29. The van der Waals surface area contributed by atoms with E-state index < -0.39 is 21.4 Å². The summed E-state index contributed by atoms with van der Waals surface area (Å²) in [6.07, 6.45) is 5.12. The van der Waals surface area contributed by atoms with Gasteiger partial charge < -0.3 is 19.2 Å². The standard InChI is InChI=1S/C25H25ClN8O5S/c1-14(21(39-4)23-28-11-15(26)12-29-23)40(35,36)33-25-32-31-24(17-13-30-22-16(17)7-6-10-27-22)34(25)20-18(37-2)8-5-9-19(20)38-3/h5-14,21H,1-4H3,(H,27,30)(H,32,33). The summed E-state index contributed by atoms with van der Waals surface area (Å²) in [5, 5.41) is 8.52. The van der Waals surface area contributed by atoms with Crippen LogP contribution in [0, 0.1) is 0 Å². The molecule has 0 radical (unpaired) electrons. The lowest BCUT2D eigenvalue weighted by Gasteiger charge is -2.22. The van der Waals surface area contributed by atoms with Crippen LogP contribution < -0.4 is 14.2 Å². The molecule has 0 aliphatic heterocycles. The van der Waals surface area contributed by atoms with Gasteiger partial charge in [0.2, 0.25) is 16.0 Å². The van der Waals surface area contributed by atoms with Gasteiger partial charge in [0.05, 0.1) is 19.2 Å². The molecule has 13 nitrogen and oxygen atoms in total. The second-order valence-corrected chi connectivity index (χ2v) is 11.0. The Labute approximate surface area is 234 Å². The van der Waals surface area contributed by atoms with Crippen LogP contribution in [0.15, 0.2) is 55.1 Å². The molecule has 2 unspecified atom stereocenters. The normalized spacial score (nSPS) is 13.2. The summed E-state index contributed by atoms with van der Waals surface area (Å²) in [5.41, 5.74) is 1.65. The van der Waals surface area contributed by atoms with E-state index in [9.17, 15) is 8.42 Å². The topological polar surface area (TPSA) is 159 Å². The van der Waals surface area contributed by atoms with Gasteiger partial charge in [-0.05, 0) is 31.2 Å². The monoisotopic (exact) mass is 584 g/mol. The van der Waals surface area contributed by atoms with Crippen LogP contribution in [0.25, 0.3) is 28.1 Å². The summed E-state index contributed by atoms with van der Waals surface area (Å²) in [6.45, 7) is 1.48. The minimum absolute atomic E-state index is 0.102. The number of pyridine rings is 1. The minimum Gasteiger partial charge on any atom is -0.494 e. The molecule has 0 amide bonds. The first-order chi connectivity index (χ1) is 19.3. The van der Waals surface area contributed by atoms with Crippen LogP contribution in [0.2, 0.25) is 5.02 Å². The van der Waals surface area contributed by atoms with Gasteiger partial charge >= 0.3 is 0 Å². The maximum absolute atomic E-state index is 13.7. The van der Waals surface area contributed by atoms with E-state index >= 15 is 0 Å². The van der Waals surface area contributed by atoms with Crippen molar-refractivity contribution in [1.29, 1.82) is 0 Å². The van der Waals surface area contributed by atoms with E-state index in [1.807, 2.05) is 6.07 Å². The molecule has 5 aromatic rings. The highest BCUT2D eigenvalue weighted by molar-refractivity contribution is 7.93. The smallest absolute Gasteiger partial charge is 0.243 e. The summed E-state index contributed by atoms with van der Waals surface area (Å²) < 4.78 is 48.3. The molecule has 208 valence electrons. The van der Waals surface area contributed by atoms with Gasteiger partial charge in [-0.15, -0.1) is 10.2 Å². The second-order valence-electron chi connectivity index (χ2n) is 8.56. The predicted octanol–water partition coefficient (Wildman–Crippen LogP) is 3.79. The SMILES string of the molecule is COc1cccc(OC)c1-n1c(NS(=O)(=O)C(C)C(OC)c2ncc(Cl)cn2)nnc1-c1c[nH]c2ncccc12. The number of fused-ring (bicyclic) bond motifs is 1. The van der Waals surface area contributed by atoms with Crippen molar-refractivity contribution in [2.45, 2.75) is 18.3 Å². The number of sulfonamides is 1. The lowest BCUT2D eigenvalue weighted by molar-refractivity contribution is 0.0950. The number of benzene rings is 1. The predicted molar refractivity (Wildman–Crippen MR) is 148 cm³/mol. The van der Waals surface area contributed by atoms with Crippen molar-refractivity contribution in [2.75, 3.05) is 26.1 Å². The van der Waals surface area contributed by atoms with E-state index in [2.05, 4.69) is 34.9 Å². The summed E-state index contributed by atoms with van der Waals surface area (Å²) >= 11 is 5.90. The average Bonchev–Trinajstić information content (AvgIpc) is 3.57. The Morgan fingerprint density at radius 3 is 2.35 bits per heavy atom. The number of ether oxygens (including phenoxy) is 3. The van der Waals surface area contributed by atoms with E-state index in [0.717, 1.165) is 5.39 Å². The van der Waals surface area contributed by atoms with Crippen molar-refractivity contribution in [1.82, 2.24) is 34.7 Å². The third-order valence-corrected chi connectivity index (χ3v) is 8.17. The fraction of sp³-hybridized carbons (Fsp3) is 0.240. The number of rotatable bonds is 10. The molecule has 0 aliphatic rings. The van der Waals surface area contributed by atoms with Crippen LogP contribution >= 0.6 is 11.6 Å². The molecule has 0 spiro atoms. The maximum atomic E-state index is 13.7. The third kappa shape index (κ3) is 4.92. The van der Waals surface area contributed by atoms with Gasteiger partial charge in [0.1, 0.15) is 34.2 Å². The number of aromatic nitrogens is 7. The third-order valence-electron chi connectivity index (χ3n) is 6.28. The van der Waals surface area contributed by atoms with E-state index in [4.69, 9.17) is 25.8 Å². The molecular formula is C25H25ClN8O5S. The number of hydrogen-bond donors (Lipinski definition) is 2. The zero-order valence-electron chi connectivity index (χ0n) is 21.9. The second kappa shape index (κ2) is 11.1. The van der Waals surface area contributed by atoms with Gasteiger partial charge in [-0.25, -0.2) is 23.4 Å². The molecule has 0 aliphatic carbocycles. The van der Waals surface area contributed by atoms with E-state index in [-0.39, 0.29) is 11.8 Å². The van der Waals surface area contributed by atoms with Crippen molar-refractivity contribution in [3.05, 3.63) is 66.0 Å². The van der Waals surface area contributed by atoms with Crippen molar-refractivity contribution < 1.29 is 22.6 Å². The first-order valence-corrected chi connectivity index (χ1v) is 13.8. The molecule has 0 saturated heterocycles. The van der Waals surface area contributed by atoms with Gasteiger partial charge in [-0.3, -0.25) is 9.29 Å². The van der Waals surface area contributed by atoms with Crippen molar-refractivity contribution in [3.63, 3.8) is 0 Å². The highest BCUT2D eigenvalue weighted by Crippen LogP contribution is 2.39. The van der Waals surface area contributed by atoms with Crippen LogP contribution in [0.5, 0.6) is 11.5 Å². The van der Waals surface area contributed by atoms with Gasteiger partial charge in [-0.2, -0.15) is 0 Å². The summed E-state index contributed by atoms with van der Waals surface area (Å²) in [4.78, 5) is 15.7. The first-order valence-electron chi connectivity index (χ1n) is 11.9. The Morgan fingerprint density at radius 2 is 1.70 bits per heavy atom. The van der Waals surface area contributed by atoms with Crippen LogP contribution in [0.3, 0.4) is 0 Å². The largest absolute Gasteiger partial charge is 0.494 e. The number of para-hydroxylation sites is 1. The van der Waals surface area contributed by atoms with Crippen molar-refractivity contribution >= 4 is 38.6 Å². The Kier molecular flexibility index (Phi) is 7.56. The number of halogens is 1. The van der Waals surface area contributed by atoms with Crippen LogP contribution in [-0.4, -0.2) is 69.7 Å². The highest BCUT2D eigenvalue weighted by Gasteiger charge is 2.35. The van der Waals surface area contributed by atoms with Crippen LogP contribution in [0.4, 0.5) is 5.95 Å². The van der Waals surface area contributed by atoms with Crippen LogP contribution in [0.1, 0.15) is 18.9 Å². The van der Waals surface area contributed by atoms with E-state index in [1.165, 1.54) is 45.2 Å². The van der Waals surface area contributed by atoms with Crippen molar-refractivity contribution in [2.24, 2.45) is 0 Å². The lowest BCUT2D eigenvalue weighted by Crippen LogP contribution is -2.33. The Balaban J connectivity index is 1.65. The number of methoxy groups -OCH3 is 3. The molecule has 0 fully saturated rings. The Bertz CT molecular complexity index is 1730. The Morgan fingerprint density at radius 1 is 1.00 bits per heavy atom. The van der Waals surface area contributed by atoms with Crippen molar-refractivity contribution in [3.8, 4) is 28.6 Å². The lowest BCUT2D eigenvalue weighted by atomic mass is 10.2. The van der Waals surface area contributed by atoms with Gasteiger partial charge in [0.15, 0.2) is 11.6 Å². The molecule has 0 saturated carbocycles. The summed E-state index contributed by atoms with van der Waals surface area (Å²) in [6, 6.07) is 8.85. The van der Waals surface area contributed by atoms with Crippen LogP contribution in [-0.2, 0) is 14.8 Å². The highest BCUT2D eigenvalue weighted by atomic mass is 35.5. The quantitative estimate of drug-likeness (QED) is 0.247. The molecule has 2 N–H and O–H groups in total. The van der Waals surface area contributed by atoms with Gasteiger partial charge in [-0.1, -0.05) is 17.7 Å². The summed E-state index contributed by atoms with van der Waals surface area (Å²) in [5.74, 6) is 1.17. The molecule has 15 heteroatoms. The number of nitrogens with zero attached hydrogens (tertiary/aromatic N) is 6. The zero-order chi connectivity index (χ0) is 28.4. The zero-order valence-corrected chi connectivity index (χ0v) is 23.4. The molecule has 0 bridgehead atoms. The minimum atomic E-state index is -4.16. The molecule has 4 heterocycles. The number of H-pyrrole nitrogens is 1. The molecule has 5 rings (SSSR count). The molecule has 4 aromatic heterocycles. The van der Waals surface area contributed by atoms with E-state index in [1.54, 1.807) is 36.7 Å². The number of aromatic amines is 1. The first kappa shape index (κ1) is 27.3. The van der Waals surface area contributed by atoms with Gasteiger partial charge in [0, 0.05) is 42.8 Å². The number of hydrogen-bond acceptors (Lipinski definition) is 10. The molecular weight excluding hydrogens is 560 g/mol. The maximum Gasteiger partial charge on any atom is 0.243 e. The number of anilines is 1. The average molecular weight is 585 g/mol. The molecule has 1 aromatic carbocycles. The van der Waals surface area contributed by atoms with E-state index in [0.29, 0.717) is 39.2 Å². The fourth-order valence-corrected chi connectivity index (χ4v) is 5.52. The Hall–Kier alpha value is -4.27. The number of nitrogens with one attached hydrogen (secondary N) is 2. The molecule has 40 heavy (non-hydrogen) atoms.